The van der Waals surface area contributed by atoms with Crippen molar-refractivity contribution in [2.75, 3.05) is 11.3 Å². The number of hydrogen-bond acceptors (Lipinski definition) is 5. The number of nitrogens with one attached hydrogen (secondary N) is 2. The van der Waals surface area contributed by atoms with Gasteiger partial charge in [0.05, 0.1) is 28.3 Å². The number of sulfonamides is 1. The molecule has 0 atom stereocenters. The number of esters is 1. The van der Waals surface area contributed by atoms with Gasteiger partial charge in [0.2, 0.25) is 0 Å². The van der Waals surface area contributed by atoms with Crippen LogP contribution >= 0.6 is 0 Å². The fourth-order valence-electron chi connectivity index (χ4n) is 2.94. The Morgan fingerprint density at radius 2 is 1.56 bits per heavy atom. The standard InChI is InChI=1S/C24H24N2O5S/c1-3-31-24(28)19-12-14-20(15-13-19)32(29,30)26-22-7-5-4-6-21(22)23(27)25-16-18-10-8-17(2)9-11-18/h4-15,26H,3,16H2,1-2H3,(H,25,27). The largest absolute Gasteiger partial charge is 0.462 e. The lowest BCUT2D eigenvalue weighted by Gasteiger charge is -2.13. The molecule has 2 N–H and O–H groups in total. The summed E-state index contributed by atoms with van der Waals surface area (Å²) >= 11 is 0. The second kappa shape index (κ2) is 10.1. The fraction of sp³-hybridized carbons (Fsp3) is 0.167. The molecule has 8 heteroatoms. The van der Waals surface area contributed by atoms with Crippen LogP contribution in [0.2, 0.25) is 0 Å². The highest BCUT2D eigenvalue weighted by Crippen LogP contribution is 2.21. The molecule has 0 fully saturated rings. The Labute approximate surface area is 187 Å². The molecule has 0 aliphatic heterocycles. The van der Waals surface area contributed by atoms with Crippen LogP contribution in [0.25, 0.3) is 0 Å². The predicted molar refractivity (Wildman–Crippen MR) is 122 cm³/mol. The molecule has 3 aromatic rings. The van der Waals surface area contributed by atoms with Crippen LogP contribution in [0.1, 0.15) is 38.8 Å². The number of carbonyl (C=O) groups is 2. The first-order chi connectivity index (χ1) is 15.3. The summed E-state index contributed by atoms with van der Waals surface area (Å²) in [4.78, 5) is 24.4. The molecule has 0 saturated heterocycles. The Balaban J connectivity index is 1.75. The summed E-state index contributed by atoms with van der Waals surface area (Å²) in [5.41, 5.74) is 2.66. The zero-order chi connectivity index (χ0) is 23.1. The molecule has 32 heavy (non-hydrogen) atoms. The maximum absolute atomic E-state index is 12.8. The van der Waals surface area contributed by atoms with E-state index < -0.39 is 21.9 Å². The van der Waals surface area contributed by atoms with Gasteiger partial charge in [-0.15, -0.1) is 0 Å². The van der Waals surface area contributed by atoms with Gasteiger partial charge in [-0.2, -0.15) is 0 Å². The number of anilines is 1. The zero-order valence-corrected chi connectivity index (χ0v) is 18.6. The minimum atomic E-state index is -3.98. The van der Waals surface area contributed by atoms with E-state index in [1.807, 2.05) is 31.2 Å². The van der Waals surface area contributed by atoms with E-state index in [4.69, 9.17) is 4.74 Å². The number of benzene rings is 3. The van der Waals surface area contributed by atoms with Crippen molar-refractivity contribution in [3.63, 3.8) is 0 Å². The molecule has 0 bridgehead atoms. The molecule has 3 rings (SSSR count). The second-order valence-electron chi connectivity index (χ2n) is 7.06. The van der Waals surface area contributed by atoms with Crippen molar-refractivity contribution in [3.8, 4) is 0 Å². The number of hydrogen-bond donors (Lipinski definition) is 2. The van der Waals surface area contributed by atoms with Crippen LogP contribution in [-0.4, -0.2) is 26.9 Å². The number of amides is 1. The SMILES string of the molecule is CCOC(=O)c1ccc(S(=O)(=O)Nc2ccccc2C(=O)NCc2ccc(C)cc2)cc1. The van der Waals surface area contributed by atoms with Crippen LogP contribution in [0.3, 0.4) is 0 Å². The van der Waals surface area contributed by atoms with Crippen molar-refractivity contribution in [1.29, 1.82) is 0 Å². The van der Waals surface area contributed by atoms with E-state index in [9.17, 15) is 18.0 Å². The van der Waals surface area contributed by atoms with Gasteiger partial charge in [-0.3, -0.25) is 9.52 Å². The van der Waals surface area contributed by atoms with Crippen molar-refractivity contribution < 1.29 is 22.7 Å². The monoisotopic (exact) mass is 452 g/mol. The summed E-state index contributed by atoms with van der Waals surface area (Å²) < 4.78 is 33.0. The number of carbonyl (C=O) groups excluding carboxylic acids is 2. The average Bonchev–Trinajstić information content (AvgIpc) is 2.79. The molecule has 0 heterocycles. The van der Waals surface area contributed by atoms with Crippen molar-refractivity contribution in [2.45, 2.75) is 25.3 Å². The Morgan fingerprint density at radius 1 is 0.906 bits per heavy atom. The van der Waals surface area contributed by atoms with Gasteiger partial charge in [0.25, 0.3) is 15.9 Å². The Bertz CT molecular complexity index is 1200. The van der Waals surface area contributed by atoms with E-state index in [1.54, 1.807) is 25.1 Å². The van der Waals surface area contributed by atoms with Gasteiger partial charge in [-0.05, 0) is 55.8 Å². The fourth-order valence-corrected chi connectivity index (χ4v) is 4.02. The van der Waals surface area contributed by atoms with E-state index in [1.165, 1.54) is 30.3 Å². The highest BCUT2D eigenvalue weighted by Gasteiger charge is 2.19. The number of para-hydroxylation sites is 1. The molecule has 0 aliphatic rings. The summed E-state index contributed by atoms with van der Waals surface area (Å²) in [5, 5.41) is 2.81. The zero-order valence-electron chi connectivity index (χ0n) is 17.8. The third kappa shape index (κ3) is 5.73. The van der Waals surface area contributed by atoms with Crippen LogP contribution in [0.4, 0.5) is 5.69 Å². The van der Waals surface area contributed by atoms with Crippen molar-refractivity contribution in [3.05, 3.63) is 95.1 Å². The number of ether oxygens (including phenoxy) is 1. The molecule has 3 aromatic carbocycles. The molecule has 0 unspecified atom stereocenters. The Hall–Kier alpha value is -3.65. The molecule has 1 amide bonds. The van der Waals surface area contributed by atoms with E-state index in [-0.39, 0.29) is 28.3 Å². The van der Waals surface area contributed by atoms with E-state index in [2.05, 4.69) is 10.0 Å². The molecule has 0 radical (unpaired) electrons. The Kier molecular flexibility index (Phi) is 7.27. The highest BCUT2D eigenvalue weighted by atomic mass is 32.2. The molecular formula is C24H24N2O5S. The summed E-state index contributed by atoms with van der Waals surface area (Å²) in [6.45, 7) is 4.21. The van der Waals surface area contributed by atoms with Crippen LogP contribution in [-0.2, 0) is 21.3 Å². The molecular weight excluding hydrogens is 428 g/mol. The lowest BCUT2D eigenvalue weighted by molar-refractivity contribution is 0.0526. The van der Waals surface area contributed by atoms with Gasteiger partial charge in [0, 0.05) is 6.54 Å². The van der Waals surface area contributed by atoms with Crippen molar-refractivity contribution >= 4 is 27.6 Å². The van der Waals surface area contributed by atoms with E-state index >= 15 is 0 Å². The van der Waals surface area contributed by atoms with Gasteiger partial charge in [0.15, 0.2) is 0 Å². The summed E-state index contributed by atoms with van der Waals surface area (Å²) in [7, 11) is -3.98. The third-order valence-corrected chi connectivity index (χ3v) is 6.05. The van der Waals surface area contributed by atoms with Crippen LogP contribution in [0.5, 0.6) is 0 Å². The normalized spacial score (nSPS) is 10.9. The Morgan fingerprint density at radius 3 is 2.22 bits per heavy atom. The smallest absolute Gasteiger partial charge is 0.338 e. The van der Waals surface area contributed by atoms with Crippen molar-refractivity contribution in [1.82, 2.24) is 5.32 Å². The minimum absolute atomic E-state index is 0.0413. The first kappa shape index (κ1) is 23.0. The van der Waals surface area contributed by atoms with E-state index in [0.717, 1.165) is 11.1 Å². The van der Waals surface area contributed by atoms with Gasteiger partial charge in [0.1, 0.15) is 0 Å². The lowest BCUT2D eigenvalue weighted by Crippen LogP contribution is -2.25. The van der Waals surface area contributed by atoms with Gasteiger partial charge < -0.3 is 10.1 Å². The molecule has 0 spiro atoms. The molecule has 7 nitrogen and oxygen atoms in total. The molecule has 0 saturated carbocycles. The first-order valence-electron chi connectivity index (χ1n) is 10.0. The van der Waals surface area contributed by atoms with Crippen molar-refractivity contribution in [2.24, 2.45) is 0 Å². The van der Waals surface area contributed by atoms with Gasteiger partial charge in [-0.1, -0.05) is 42.0 Å². The quantitative estimate of drug-likeness (QED) is 0.505. The highest BCUT2D eigenvalue weighted by molar-refractivity contribution is 7.92. The number of rotatable bonds is 8. The summed E-state index contributed by atoms with van der Waals surface area (Å²) in [6.07, 6.45) is 0. The lowest BCUT2D eigenvalue weighted by atomic mass is 10.1. The minimum Gasteiger partial charge on any atom is -0.462 e. The van der Waals surface area contributed by atoms with Crippen LogP contribution in [0.15, 0.2) is 77.7 Å². The summed E-state index contributed by atoms with van der Waals surface area (Å²) in [5.74, 6) is -0.929. The summed E-state index contributed by atoms with van der Waals surface area (Å²) in [6, 6.07) is 19.5. The van der Waals surface area contributed by atoms with Gasteiger partial charge >= 0.3 is 5.97 Å². The van der Waals surface area contributed by atoms with Gasteiger partial charge in [-0.25, -0.2) is 13.2 Å². The molecule has 0 aliphatic carbocycles. The van der Waals surface area contributed by atoms with E-state index in [0.29, 0.717) is 6.54 Å². The predicted octanol–water partition coefficient (Wildman–Crippen LogP) is 3.90. The number of aryl methyl sites for hydroxylation is 1. The average molecular weight is 453 g/mol. The maximum atomic E-state index is 12.8. The maximum Gasteiger partial charge on any atom is 0.338 e. The second-order valence-corrected chi connectivity index (χ2v) is 8.75. The topological polar surface area (TPSA) is 102 Å². The molecule has 0 aromatic heterocycles. The van der Waals surface area contributed by atoms with Crippen LogP contribution < -0.4 is 10.0 Å². The van der Waals surface area contributed by atoms with Crippen LogP contribution in [0, 0.1) is 6.92 Å². The first-order valence-corrected chi connectivity index (χ1v) is 11.5. The molecule has 166 valence electrons. The third-order valence-electron chi connectivity index (χ3n) is 4.67.